The number of alkyl halides is 3. The molecule has 0 N–H and O–H groups in total. The van der Waals surface area contributed by atoms with Gasteiger partial charge in [-0.1, -0.05) is 18.2 Å². The molecular formula is C15H11F3O2. The molecule has 0 fully saturated rings. The zero-order valence-corrected chi connectivity index (χ0v) is 10.6. The molecule has 0 aliphatic heterocycles. The summed E-state index contributed by atoms with van der Waals surface area (Å²) in [5.74, 6) is 0.0225. The summed E-state index contributed by atoms with van der Waals surface area (Å²) >= 11 is 0. The average molecular weight is 280 g/mol. The molecule has 0 saturated carbocycles. The van der Waals surface area contributed by atoms with Gasteiger partial charge in [0.25, 0.3) is 0 Å². The van der Waals surface area contributed by atoms with Crippen molar-refractivity contribution in [1.29, 1.82) is 0 Å². The third-order valence-corrected chi connectivity index (χ3v) is 2.76. The first-order valence-electron chi connectivity index (χ1n) is 5.81. The molecule has 0 heterocycles. The highest BCUT2D eigenvalue weighted by Crippen LogP contribution is 2.39. The number of benzene rings is 2. The normalized spacial score (nSPS) is 11.2. The number of carbonyl (C=O) groups excluding carboxylic acids is 1. The number of hydrogen-bond acceptors (Lipinski definition) is 2. The molecule has 0 saturated heterocycles. The van der Waals surface area contributed by atoms with Crippen LogP contribution in [0.4, 0.5) is 13.2 Å². The summed E-state index contributed by atoms with van der Waals surface area (Å²) in [5.41, 5.74) is -0.292. The van der Waals surface area contributed by atoms with E-state index in [2.05, 4.69) is 0 Å². The van der Waals surface area contributed by atoms with Crippen LogP contribution in [0.1, 0.15) is 21.5 Å². The first-order chi connectivity index (χ1) is 9.41. The number of aryl methyl sites for hydroxylation is 1. The molecule has 0 aromatic heterocycles. The largest absolute Gasteiger partial charge is 0.456 e. The van der Waals surface area contributed by atoms with Crippen LogP contribution in [0.3, 0.4) is 0 Å². The Morgan fingerprint density at radius 3 is 2.35 bits per heavy atom. The predicted molar refractivity (Wildman–Crippen MR) is 68.1 cm³/mol. The van der Waals surface area contributed by atoms with Crippen LogP contribution in [0.15, 0.2) is 42.5 Å². The van der Waals surface area contributed by atoms with Crippen LogP contribution in [-0.4, -0.2) is 6.29 Å². The first kappa shape index (κ1) is 14.1. The van der Waals surface area contributed by atoms with Crippen molar-refractivity contribution in [2.45, 2.75) is 13.1 Å². The SMILES string of the molecule is Cc1ccccc1Oc1ccc(C=O)cc1C(F)(F)F. The fraction of sp³-hybridized carbons (Fsp3) is 0.133. The van der Waals surface area contributed by atoms with Crippen LogP contribution in [0.5, 0.6) is 11.5 Å². The van der Waals surface area contributed by atoms with Gasteiger partial charge >= 0.3 is 6.18 Å². The zero-order valence-electron chi connectivity index (χ0n) is 10.6. The van der Waals surface area contributed by atoms with Gasteiger partial charge < -0.3 is 4.74 Å². The molecule has 20 heavy (non-hydrogen) atoms. The second kappa shape index (κ2) is 5.36. The third kappa shape index (κ3) is 2.99. The van der Waals surface area contributed by atoms with Crippen LogP contribution in [-0.2, 0) is 6.18 Å². The minimum Gasteiger partial charge on any atom is -0.456 e. The Hall–Kier alpha value is -2.30. The number of hydrogen-bond donors (Lipinski definition) is 0. The molecule has 0 aliphatic rings. The van der Waals surface area contributed by atoms with Crippen LogP contribution < -0.4 is 4.74 Å². The summed E-state index contributed by atoms with van der Waals surface area (Å²) in [6, 6.07) is 9.98. The third-order valence-electron chi connectivity index (χ3n) is 2.76. The van der Waals surface area contributed by atoms with Gasteiger partial charge in [0.05, 0.1) is 5.56 Å². The highest BCUT2D eigenvalue weighted by molar-refractivity contribution is 5.75. The number of carbonyl (C=O) groups is 1. The Labute approximate surface area is 113 Å². The van der Waals surface area contributed by atoms with Crippen molar-refractivity contribution in [1.82, 2.24) is 0 Å². The van der Waals surface area contributed by atoms with E-state index in [1.165, 1.54) is 6.07 Å². The molecule has 0 aliphatic carbocycles. The summed E-state index contributed by atoms with van der Waals surface area (Å²) < 4.78 is 44.2. The van der Waals surface area contributed by atoms with Gasteiger partial charge in [0.2, 0.25) is 0 Å². The number of rotatable bonds is 3. The number of aldehydes is 1. The van der Waals surface area contributed by atoms with Gasteiger partial charge in [0, 0.05) is 5.56 Å². The molecule has 0 radical (unpaired) electrons. The van der Waals surface area contributed by atoms with E-state index in [1.807, 2.05) is 0 Å². The van der Waals surface area contributed by atoms with Gasteiger partial charge in [-0.05, 0) is 36.8 Å². The smallest absolute Gasteiger partial charge is 0.420 e. The van der Waals surface area contributed by atoms with Crippen molar-refractivity contribution in [3.05, 3.63) is 59.2 Å². The van der Waals surface area contributed by atoms with Crippen molar-refractivity contribution >= 4 is 6.29 Å². The highest BCUT2D eigenvalue weighted by Gasteiger charge is 2.35. The molecule has 2 nitrogen and oxygen atoms in total. The molecule has 2 rings (SSSR count). The zero-order chi connectivity index (χ0) is 14.8. The van der Waals surface area contributed by atoms with Crippen molar-refractivity contribution in [3.8, 4) is 11.5 Å². The standard InChI is InChI=1S/C15H11F3O2/c1-10-4-2-3-5-13(10)20-14-7-6-11(9-19)8-12(14)15(16,17)18/h2-9H,1H3. The Balaban J connectivity index is 2.46. The molecule has 2 aromatic rings. The molecule has 0 bridgehead atoms. The first-order valence-corrected chi connectivity index (χ1v) is 5.81. The number of para-hydroxylation sites is 1. The monoisotopic (exact) mass is 280 g/mol. The minimum atomic E-state index is -4.59. The van der Waals surface area contributed by atoms with Crippen LogP contribution in [0.2, 0.25) is 0 Å². The van der Waals surface area contributed by atoms with Crippen LogP contribution >= 0.6 is 0 Å². The summed E-state index contributed by atoms with van der Waals surface area (Å²) in [7, 11) is 0. The fourth-order valence-corrected chi connectivity index (χ4v) is 1.72. The van der Waals surface area contributed by atoms with E-state index in [-0.39, 0.29) is 11.3 Å². The molecule has 0 atom stereocenters. The lowest BCUT2D eigenvalue weighted by molar-refractivity contribution is -0.138. The molecular weight excluding hydrogens is 269 g/mol. The molecule has 0 unspecified atom stereocenters. The second-order valence-corrected chi connectivity index (χ2v) is 4.24. The molecule has 5 heteroatoms. The summed E-state index contributed by atoms with van der Waals surface area (Å²) in [6.07, 6.45) is -4.22. The second-order valence-electron chi connectivity index (χ2n) is 4.24. The molecule has 2 aromatic carbocycles. The van der Waals surface area contributed by atoms with E-state index >= 15 is 0 Å². The Morgan fingerprint density at radius 2 is 1.75 bits per heavy atom. The summed E-state index contributed by atoms with van der Waals surface area (Å²) in [6.45, 7) is 1.74. The summed E-state index contributed by atoms with van der Waals surface area (Å²) in [4.78, 5) is 10.6. The Morgan fingerprint density at radius 1 is 1.05 bits per heavy atom. The quantitative estimate of drug-likeness (QED) is 0.767. The van der Waals surface area contributed by atoms with E-state index in [0.29, 0.717) is 12.0 Å². The maximum atomic E-state index is 13.0. The number of halogens is 3. The van der Waals surface area contributed by atoms with Gasteiger partial charge in [0.1, 0.15) is 17.8 Å². The van der Waals surface area contributed by atoms with Crippen molar-refractivity contribution < 1.29 is 22.7 Å². The summed E-state index contributed by atoms with van der Waals surface area (Å²) in [5, 5.41) is 0. The van der Waals surface area contributed by atoms with Gasteiger partial charge in [-0.25, -0.2) is 0 Å². The highest BCUT2D eigenvalue weighted by atomic mass is 19.4. The molecule has 104 valence electrons. The van der Waals surface area contributed by atoms with Crippen molar-refractivity contribution in [3.63, 3.8) is 0 Å². The van der Waals surface area contributed by atoms with E-state index in [0.717, 1.165) is 17.7 Å². The van der Waals surface area contributed by atoms with Crippen LogP contribution in [0, 0.1) is 6.92 Å². The van der Waals surface area contributed by atoms with Crippen LogP contribution in [0.25, 0.3) is 0 Å². The lowest BCUT2D eigenvalue weighted by Crippen LogP contribution is -2.08. The van der Waals surface area contributed by atoms with Gasteiger partial charge in [-0.2, -0.15) is 13.2 Å². The van der Waals surface area contributed by atoms with Crippen molar-refractivity contribution in [2.75, 3.05) is 0 Å². The van der Waals surface area contributed by atoms with E-state index < -0.39 is 11.7 Å². The average Bonchev–Trinajstić information content (AvgIpc) is 2.40. The lowest BCUT2D eigenvalue weighted by atomic mass is 10.1. The number of ether oxygens (including phenoxy) is 1. The van der Waals surface area contributed by atoms with Crippen molar-refractivity contribution in [2.24, 2.45) is 0 Å². The molecule has 0 amide bonds. The lowest BCUT2D eigenvalue weighted by Gasteiger charge is -2.15. The van der Waals surface area contributed by atoms with Gasteiger partial charge in [-0.15, -0.1) is 0 Å². The van der Waals surface area contributed by atoms with E-state index in [9.17, 15) is 18.0 Å². The maximum absolute atomic E-state index is 13.0. The minimum absolute atomic E-state index is 0.0468. The molecule has 0 spiro atoms. The topological polar surface area (TPSA) is 26.3 Å². The van der Waals surface area contributed by atoms with E-state index in [1.54, 1.807) is 31.2 Å². The predicted octanol–water partition coefficient (Wildman–Crippen LogP) is 4.62. The van der Waals surface area contributed by atoms with Gasteiger partial charge in [0.15, 0.2) is 0 Å². The Kier molecular flexibility index (Phi) is 3.79. The van der Waals surface area contributed by atoms with Gasteiger partial charge in [-0.3, -0.25) is 4.79 Å². The maximum Gasteiger partial charge on any atom is 0.420 e. The van der Waals surface area contributed by atoms with E-state index in [4.69, 9.17) is 4.74 Å². The fourth-order valence-electron chi connectivity index (χ4n) is 1.72. The Bertz CT molecular complexity index is 633.